The molecule has 0 aliphatic heterocycles. The zero-order valence-electron chi connectivity index (χ0n) is 16.7. The van der Waals surface area contributed by atoms with Gasteiger partial charge in [-0.2, -0.15) is 4.31 Å². The van der Waals surface area contributed by atoms with Crippen LogP contribution in [-0.4, -0.2) is 49.3 Å². The fourth-order valence-corrected chi connectivity index (χ4v) is 4.04. The molecule has 0 aliphatic rings. The molecule has 29 heavy (non-hydrogen) atoms. The van der Waals surface area contributed by atoms with E-state index in [4.69, 9.17) is 4.74 Å². The normalized spacial score (nSPS) is 11.3. The van der Waals surface area contributed by atoms with Gasteiger partial charge in [0.2, 0.25) is 10.0 Å². The summed E-state index contributed by atoms with van der Waals surface area (Å²) in [6, 6.07) is 9.42. The monoisotopic (exact) mass is 419 g/mol. The number of anilines is 1. The van der Waals surface area contributed by atoms with Gasteiger partial charge in [-0.25, -0.2) is 8.42 Å². The van der Waals surface area contributed by atoms with Gasteiger partial charge in [0.15, 0.2) is 6.61 Å². The summed E-state index contributed by atoms with van der Waals surface area (Å²) in [7, 11) is -3.55. The van der Waals surface area contributed by atoms with Crippen LogP contribution in [0.5, 0.6) is 0 Å². The predicted octanol–water partition coefficient (Wildman–Crippen LogP) is 2.14. The fraction of sp³-hybridized carbons (Fsp3) is 0.350. The van der Waals surface area contributed by atoms with Crippen molar-refractivity contribution in [2.45, 2.75) is 32.1 Å². The van der Waals surface area contributed by atoms with E-state index < -0.39 is 28.5 Å². The minimum atomic E-state index is -3.55. The molecule has 1 amide bonds. The number of sulfonamides is 1. The summed E-state index contributed by atoms with van der Waals surface area (Å²) >= 11 is 0. The summed E-state index contributed by atoms with van der Waals surface area (Å²) in [5.74, 6) is -1.05. The zero-order chi connectivity index (χ0) is 21.4. The van der Waals surface area contributed by atoms with Crippen LogP contribution in [0.25, 0.3) is 0 Å². The molecule has 0 spiro atoms. The van der Waals surface area contributed by atoms with E-state index in [9.17, 15) is 18.0 Å². The average Bonchev–Trinajstić information content (AvgIpc) is 2.69. The standard InChI is InChI=1S/C20H25N3O5S/c1-4-23(5-2)29(26,27)18-10-8-17(9-11-18)22-19(24)14-28-20(25)12-16-7-6-15(3)21-13-16/h6-11,13H,4-5,12,14H2,1-3H3,(H,22,24). The number of pyridine rings is 1. The number of ether oxygens (including phenoxy) is 1. The van der Waals surface area contributed by atoms with Crippen molar-refractivity contribution in [3.05, 3.63) is 53.9 Å². The number of hydrogen-bond donors (Lipinski definition) is 1. The van der Waals surface area contributed by atoms with Crippen molar-refractivity contribution < 1.29 is 22.7 Å². The highest BCUT2D eigenvalue weighted by molar-refractivity contribution is 7.89. The highest BCUT2D eigenvalue weighted by atomic mass is 32.2. The smallest absolute Gasteiger partial charge is 0.310 e. The van der Waals surface area contributed by atoms with E-state index >= 15 is 0 Å². The summed E-state index contributed by atoms with van der Waals surface area (Å²) in [4.78, 5) is 28.0. The molecule has 2 aromatic rings. The number of rotatable bonds is 9. The third kappa shape index (κ3) is 6.37. The Labute approximate surface area is 170 Å². The second kappa shape index (κ2) is 10.1. The lowest BCUT2D eigenvalue weighted by molar-refractivity contribution is -0.146. The molecular formula is C20H25N3O5S. The van der Waals surface area contributed by atoms with E-state index in [2.05, 4.69) is 10.3 Å². The minimum absolute atomic E-state index is 0.0263. The Bertz CT molecular complexity index is 937. The lowest BCUT2D eigenvalue weighted by Crippen LogP contribution is -2.30. The van der Waals surface area contributed by atoms with Gasteiger partial charge in [0, 0.05) is 30.7 Å². The molecule has 2 rings (SSSR count). The van der Waals surface area contributed by atoms with Gasteiger partial charge in [-0.15, -0.1) is 0 Å². The van der Waals surface area contributed by atoms with Crippen molar-refractivity contribution in [2.75, 3.05) is 25.0 Å². The topological polar surface area (TPSA) is 106 Å². The first-order valence-corrected chi connectivity index (χ1v) is 10.7. The molecule has 0 radical (unpaired) electrons. The van der Waals surface area contributed by atoms with Crippen LogP contribution in [0, 0.1) is 6.92 Å². The quantitative estimate of drug-likeness (QED) is 0.624. The number of nitrogens with zero attached hydrogens (tertiary/aromatic N) is 2. The molecule has 8 nitrogen and oxygen atoms in total. The van der Waals surface area contributed by atoms with Gasteiger partial charge in [-0.3, -0.25) is 14.6 Å². The van der Waals surface area contributed by atoms with E-state index in [-0.39, 0.29) is 11.3 Å². The largest absolute Gasteiger partial charge is 0.455 e. The van der Waals surface area contributed by atoms with Crippen LogP contribution in [-0.2, 0) is 30.8 Å². The number of carbonyl (C=O) groups is 2. The van der Waals surface area contributed by atoms with Crippen LogP contribution in [0.15, 0.2) is 47.5 Å². The van der Waals surface area contributed by atoms with E-state index in [0.717, 1.165) is 5.69 Å². The van der Waals surface area contributed by atoms with Gasteiger partial charge < -0.3 is 10.1 Å². The minimum Gasteiger partial charge on any atom is -0.455 e. The number of aromatic nitrogens is 1. The average molecular weight is 420 g/mol. The van der Waals surface area contributed by atoms with Gasteiger partial charge in [0.05, 0.1) is 11.3 Å². The number of nitrogens with one attached hydrogen (secondary N) is 1. The van der Waals surface area contributed by atoms with Crippen LogP contribution in [0.4, 0.5) is 5.69 Å². The molecule has 0 saturated heterocycles. The Kier molecular flexibility index (Phi) is 7.86. The summed E-state index contributed by atoms with van der Waals surface area (Å²) < 4.78 is 31.2. The maximum absolute atomic E-state index is 12.5. The van der Waals surface area contributed by atoms with Crippen molar-refractivity contribution in [1.29, 1.82) is 0 Å². The number of esters is 1. The van der Waals surface area contributed by atoms with Crippen LogP contribution >= 0.6 is 0 Å². The first-order chi connectivity index (χ1) is 13.8. The Morgan fingerprint density at radius 1 is 1.07 bits per heavy atom. The van der Waals surface area contributed by atoms with Gasteiger partial charge in [-0.1, -0.05) is 19.9 Å². The van der Waals surface area contributed by atoms with Crippen LogP contribution in [0.3, 0.4) is 0 Å². The number of aryl methyl sites for hydroxylation is 1. The van der Waals surface area contributed by atoms with E-state index in [1.807, 2.05) is 6.92 Å². The summed E-state index contributed by atoms with van der Waals surface area (Å²) in [5, 5.41) is 2.57. The Morgan fingerprint density at radius 3 is 2.28 bits per heavy atom. The third-order valence-electron chi connectivity index (χ3n) is 4.17. The van der Waals surface area contributed by atoms with E-state index in [0.29, 0.717) is 24.3 Å². The van der Waals surface area contributed by atoms with Crippen molar-refractivity contribution in [3.8, 4) is 0 Å². The van der Waals surface area contributed by atoms with Crippen molar-refractivity contribution in [1.82, 2.24) is 9.29 Å². The van der Waals surface area contributed by atoms with Crippen LogP contribution < -0.4 is 5.32 Å². The predicted molar refractivity (Wildman–Crippen MR) is 109 cm³/mol. The molecule has 0 aliphatic carbocycles. The van der Waals surface area contributed by atoms with Gasteiger partial charge in [-0.05, 0) is 42.8 Å². The number of benzene rings is 1. The molecule has 0 fully saturated rings. The van der Waals surface area contributed by atoms with Crippen LogP contribution in [0.2, 0.25) is 0 Å². The molecule has 0 saturated carbocycles. The SMILES string of the molecule is CCN(CC)S(=O)(=O)c1ccc(NC(=O)COC(=O)Cc2ccc(C)nc2)cc1. The van der Waals surface area contributed by atoms with E-state index in [1.165, 1.54) is 28.6 Å². The number of amides is 1. The summed E-state index contributed by atoms with van der Waals surface area (Å²) in [5.41, 5.74) is 1.95. The highest BCUT2D eigenvalue weighted by Crippen LogP contribution is 2.18. The van der Waals surface area contributed by atoms with Crippen molar-refractivity contribution in [3.63, 3.8) is 0 Å². The third-order valence-corrected chi connectivity index (χ3v) is 6.23. The van der Waals surface area contributed by atoms with E-state index in [1.54, 1.807) is 32.2 Å². The molecule has 0 atom stereocenters. The molecule has 9 heteroatoms. The first kappa shape index (κ1) is 22.5. The lowest BCUT2D eigenvalue weighted by Gasteiger charge is -2.18. The second-order valence-electron chi connectivity index (χ2n) is 6.31. The Balaban J connectivity index is 1.87. The lowest BCUT2D eigenvalue weighted by atomic mass is 10.2. The molecule has 0 bridgehead atoms. The molecule has 1 heterocycles. The summed E-state index contributed by atoms with van der Waals surface area (Å²) in [6.07, 6.45) is 1.61. The fourth-order valence-electron chi connectivity index (χ4n) is 2.59. The first-order valence-electron chi connectivity index (χ1n) is 9.23. The second-order valence-corrected chi connectivity index (χ2v) is 8.25. The van der Waals surface area contributed by atoms with Gasteiger partial charge in [0.25, 0.3) is 5.91 Å². The molecular weight excluding hydrogens is 394 g/mol. The molecule has 1 N–H and O–H groups in total. The van der Waals surface area contributed by atoms with Gasteiger partial charge >= 0.3 is 5.97 Å². The molecule has 1 aromatic heterocycles. The molecule has 0 unspecified atom stereocenters. The Morgan fingerprint density at radius 2 is 1.72 bits per heavy atom. The summed E-state index contributed by atoms with van der Waals surface area (Å²) in [6.45, 7) is 5.71. The molecule has 1 aromatic carbocycles. The maximum Gasteiger partial charge on any atom is 0.310 e. The number of carbonyl (C=O) groups excluding carboxylic acids is 2. The van der Waals surface area contributed by atoms with Crippen LogP contribution in [0.1, 0.15) is 25.1 Å². The van der Waals surface area contributed by atoms with Crippen molar-refractivity contribution >= 4 is 27.6 Å². The number of hydrogen-bond acceptors (Lipinski definition) is 6. The Hall–Kier alpha value is -2.78. The maximum atomic E-state index is 12.5. The highest BCUT2D eigenvalue weighted by Gasteiger charge is 2.21. The van der Waals surface area contributed by atoms with Crippen molar-refractivity contribution in [2.24, 2.45) is 0 Å². The van der Waals surface area contributed by atoms with Gasteiger partial charge in [0.1, 0.15) is 0 Å². The molecule has 156 valence electrons. The zero-order valence-corrected chi connectivity index (χ0v) is 17.5.